The molecule has 4 aromatic rings. The fraction of sp³-hybridized carbons (Fsp3) is 0.185. The molecule has 0 aliphatic heterocycles. The second-order valence-electron chi connectivity index (χ2n) is 7.91. The molecule has 188 valence electrons. The predicted molar refractivity (Wildman–Crippen MR) is 149 cm³/mol. The van der Waals surface area contributed by atoms with E-state index < -0.39 is 17.3 Å². The number of aromatic nitrogens is 1. The van der Waals surface area contributed by atoms with Crippen LogP contribution in [0.25, 0.3) is 5.52 Å². The van der Waals surface area contributed by atoms with Crippen LogP contribution in [0.15, 0.2) is 60.9 Å². The Morgan fingerprint density at radius 2 is 1.44 bits per heavy atom. The lowest BCUT2D eigenvalue weighted by molar-refractivity contribution is 0.0693. The van der Waals surface area contributed by atoms with Gasteiger partial charge in [0.1, 0.15) is 0 Å². The molecule has 0 atom stereocenters. The largest absolute Gasteiger partial charge is 0.478 e. The number of rotatable bonds is 6. The summed E-state index contributed by atoms with van der Waals surface area (Å²) in [6.07, 6.45) is 4.18. The number of fused-ring (bicyclic) bond motifs is 1. The first-order valence-corrected chi connectivity index (χ1v) is 12.6. The molecule has 0 spiro atoms. The van der Waals surface area contributed by atoms with Crippen LogP contribution >= 0.6 is 46.4 Å². The Hall–Kier alpha value is -2.70. The Labute approximate surface area is 229 Å². The summed E-state index contributed by atoms with van der Waals surface area (Å²) < 4.78 is 2.12. The van der Waals surface area contributed by atoms with Gasteiger partial charge < -0.3 is 14.4 Å². The average Bonchev–Trinajstić information content (AvgIpc) is 3.26. The van der Waals surface area contributed by atoms with Gasteiger partial charge in [-0.05, 0) is 68.8 Å². The number of ketones is 1. The summed E-state index contributed by atoms with van der Waals surface area (Å²) >= 11 is 24.0. The van der Waals surface area contributed by atoms with E-state index in [0.717, 1.165) is 18.8 Å². The third-order valence-electron chi connectivity index (χ3n) is 5.61. The zero-order valence-electron chi connectivity index (χ0n) is 19.9. The first-order valence-electron chi connectivity index (χ1n) is 11.1. The molecule has 0 radical (unpaired) electrons. The van der Waals surface area contributed by atoms with Crippen LogP contribution in [0.3, 0.4) is 0 Å². The second kappa shape index (κ2) is 12.0. The molecule has 0 bridgehead atoms. The molecule has 5 nitrogen and oxygen atoms in total. The number of nitrogens with zero attached hydrogens (tertiary/aromatic N) is 2. The first-order chi connectivity index (χ1) is 17.1. The Morgan fingerprint density at radius 3 is 1.97 bits per heavy atom. The summed E-state index contributed by atoms with van der Waals surface area (Å²) in [5, 5.41) is 8.53. The lowest BCUT2D eigenvalue weighted by atomic mass is 9.97. The van der Waals surface area contributed by atoms with Gasteiger partial charge in [0.25, 0.3) is 0 Å². The minimum Gasteiger partial charge on any atom is -0.478 e. The van der Waals surface area contributed by atoms with E-state index in [4.69, 9.17) is 46.4 Å². The van der Waals surface area contributed by atoms with Gasteiger partial charge in [-0.2, -0.15) is 0 Å². The van der Waals surface area contributed by atoms with Crippen molar-refractivity contribution in [3.8, 4) is 0 Å². The minimum atomic E-state index is -1.42. The number of halogens is 4. The standard InChI is InChI=1S/C18H15Cl4NO3.C9H9N/c1-3-23(4-2)10-7-5-9(6-8-10)17(24)11-12(18(25)26)14(20)16(22)15(21)13(11)19;1-8-6-9-4-2-3-5-10(9)7-8/h5-8H,3-4H2,1-2H3,(H,25,26);2-7H,1H3. The molecule has 2 aromatic carbocycles. The maximum absolute atomic E-state index is 12.9. The molecule has 36 heavy (non-hydrogen) atoms. The van der Waals surface area contributed by atoms with Crippen LogP contribution in [0.4, 0.5) is 5.69 Å². The maximum atomic E-state index is 12.9. The van der Waals surface area contributed by atoms with E-state index in [1.807, 2.05) is 19.9 Å². The number of hydrogen-bond donors (Lipinski definition) is 1. The van der Waals surface area contributed by atoms with Crippen molar-refractivity contribution in [3.63, 3.8) is 0 Å². The molecule has 1 N–H and O–H groups in total. The number of hydrogen-bond acceptors (Lipinski definition) is 3. The van der Waals surface area contributed by atoms with Crippen LogP contribution < -0.4 is 4.90 Å². The van der Waals surface area contributed by atoms with Gasteiger partial charge in [0.2, 0.25) is 0 Å². The van der Waals surface area contributed by atoms with Gasteiger partial charge in [-0.3, -0.25) is 4.79 Å². The van der Waals surface area contributed by atoms with E-state index in [1.165, 1.54) is 11.1 Å². The molecule has 9 heteroatoms. The SMILES string of the molecule is CCN(CC)c1ccc(C(=O)c2c(Cl)c(Cl)c(Cl)c(Cl)c2C(=O)O)cc1.Cc1cc2ccccn2c1. The van der Waals surface area contributed by atoms with Crippen molar-refractivity contribution in [2.75, 3.05) is 18.0 Å². The molecule has 2 heterocycles. The van der Waals surface area contributed by atoms with Gasteiger partial charge >= 0.3 is 5.97 Å². The van der Waals surface area contributed by atoms with Gasteiger partial charge in [0, 0.05) is 42.3 Å². The van der Waals surface area contributed by atoms with Crippen LogP contribution in [-0.4, -0.2) is 34.3 Å². The fourth-order valence-corrected chi connectivity index (χ4v) is 4.82. The second-order valence-corrected chi connectivity index (χ2v) is 9.42. The summed E-state index contributed by atoms with van der Waals surface area (Å²) in [6.45, 7) is 7.80. The van der Waals surface area contributed by atoms with Crippen LogP contribution in [0, 0.1) is 6.92 Å². The van der Waals surface area contributed by atoms with Crippen molar-refractivity contribution in [1.29, 1.82) is 0 Å². The third-order valence-corrected chi connectivity index (χ3v) is 7.41. The number of carbonyl (C=O) groups excluding carboxylic acids is 1. The van der Waals surface area contributed by atoms with Gasteiger partial charge in [-0.25, -0.2) is 4.79 Å². The van der Waals surface area contributed by atoms with Gasteiger partial charge in [-0.1, -0.05) is 52.5 Å². The maximum Gasteiger partial charge on any atom is 0.338 e. The van der Waals surface area contributed by atoms with Crippen LogP contribution in [-0.2, 0) is 0 Å². The van der Waals surface area contributed by atoms with Crippen molar-refractivity contribution in [2.45, 2.75) is 20.8 Å². The minimum absolute atomic E-state index is 0.161. The average molecular weight is 566 g/mol. The number of pyridine rings is 1. The topological polar surface area (TPSA) is 62.0 Å². The van der Waals surface area contributed by atoms with Crippen molar-refractivity contribution < 1.29 is 14.7 Å². The summed E-state index contributed by atoms with van der Waals surface area (Å²) in [5.41, 5.74) is 3.03. The van der Waals surface area contributed by atoms with Gasteiger partial charge in [-0.15, -0.1) is 0 Å². The van der Waals surface area contributed by atoms with Crippen LogP contribution in [0.5, 0.6) is 0 Å². The smallest absolute Gasteiger partial charge is 0.338 e. The van der Waals surface area contributed by atoms with Gasteiger partial charge in [0.05, 0.1) is 31.2 Å². The van der Waals surface area contributed by atoms with E-state index in [2.05, 4.69) is 46.8 Å². The molecule has 0 saturated heterocycles. The number of carbonyl (C=O) groups is 2. The number of aryl methyl sites for hydroxylation is 1. The lowest BCUT2D eigenvalue weighted by Crippen LogP contribution is -2.21. The van der Waals surface area contributed by atoms with Crippen LogP contribution in [0.2, 0.25) is 20.1 Å². The summed E-state index contributed by atoms with van der Waals surface area (Å²) in [4.78, 5) is 26.6. The molecular formula is C27H24Cl4N2O3. The quantitative estimate of drug-likeness (QED) is 0.145. The highest BCUT2D eigenvalue weighted by molar-refractivity contribution is 6.54. The van der Waals surface area contributed by atoms with Crippen molar-refractivity contribution in [1.82, 2.24) is 4.40 Å². The molecule has 0 aliphatic rings. The fourth-order valence-electron chi connectivity index (χ4n) is 3.80. The number of anilines is 1. The Kier molecular flexibility index (Phi) is 9.31. The number of benzene rings is 2. The number of carboxylic acid groups (broad SMARTS) is 1. The molecule has 0 saturated carbocycles. The van der Waals surface area contributed by atoms with Crippen molar-refractivity contribution >= 4 is 69.4 Å². The molecule has 0 aliphatic carbocycles. The summed E-state index contributed by atoms with van der Waals surface area (Å²) in [7, 11) is 0. The van der Waals surface area contributed by atoms with E-state index in [1.54, 1.807) is 24.3 Å². The van der Waals surface area contributed by atoms with Gasteiger partial charge in [0.15, 0.2) is 5.78 Å². The Morgan fingerprint density at radius 1 is 0.861 bits per heavy atom. The monoisotopic (exact) mass is 564 g/mol. The first kappa shape index (κ1) is 27.9. The summed E-state index contributed by atoms with van der Waals surface area (Å²) in [5.74, 6) is -2.02. The Bertz CT molecular complexity index is 1380. The van der Waals surface area contributed by atoms with E-state index >= 15 is 0 Å². The normalized spacial score (nSPS) is 10.6. The molecule has 0 fully saturated rings. The Balaban J connectivity index is 0.000000297. The highest BCUT2D eigenvalue weighted by Gasteiger charge is 2.29. The van der Waals surface area contributed by atoms with E-state index in [0.29, 0.717) is 0 Å². The molecular weight excluding hydrogens is 542 g/mol. The van der Waals surface area contributed by atoms with Crippen molar-refractivity contribution in [3.05, 3.63) is 103 Å². The lowest BCUT2D eigenvalue weighted by Gasteiger charge is -2.21. The molecule has 0 unspecified atom stereocenters. The van der Waals surface area contributed by atoms with Crippen molar-refractivity contribution in [2.24, 2.45) is 0 Å². The zero-order chi connectivity index (χ0) is 26.6. The third kappa shape index (κ3) is 5.81. The highest BCUT2D eigenvalue weighted by atomic mass is 35.5. The highest BCUT2D eigenvalue weighted by Crippen LogP contribution is 2.42. The number of aromatic carboxylic acids is 1. The molecule has 4 rings (SSSR count). The molecule has 2 aromatic heterocycles. The zero-order valence-corrected chi connectivity index (χ0v) is 22.9. The number of carboxylic acids is 1. The van der Waals surface area contributed by atoms with E-state index in [-0.39, 0.29) is 31.2 Å². The predicted octanol–water partition coefficient (Wildman–Crippen LogP) is 8.32. The molecule has 0 amide bonds. The van der Waals surface area contributed by atoms with Crippen LogP contribution in [0.1, 0.15) is 45.7 Å². The van der Waals surface area contributed by atoms with E-state index in [9.17, 15) is 14.7 Å². The summed E-state index contributed by atoms with van der Waals surface area (Å²) in [6, 6.07) is 15.1.